The van der Waals surface area contributed by atoms with Gasteiger partial charge in [0.05, 0.1) is 6.10 Å². The van der Waals surface area contributed by atoms with E-state index in [0.29, 0.717) is 6.42 Å². The summed E-state index contributed by atoms with van der Waals surface area (Å²) in [5.74, 6) is 2.48. The molecule has 0 heterocycles. The normalized spacial score (nSPS) is 38.9. The molecule has 142 valence electrons. The van der Waals surface area contributed by atoms with Gasteiger partial charge < -0.3 is 4.74 Å². The Hall–Kier alpha value is -0.180. The second kappa shape index (κ2) is 10.1. The molecule has 2 rings (SSSR count). The third-order valence-electron chi connectivity index (χ3n) is 6.77. The summed E-state index contributed by atoms with van der Waals surface area (Å²) in [5.41, 5.74) is 0. The molecule has 24 heavy (non-hydrogen) atoms. The molecule has 5 atom stereocenters. The zero-order valence-electron chi connectivity index (χ0n) is 16.0. The van der Waals surface area contributed by atoms with E-state index in [1.165, 1.54) is 52.1 Å². The van der Waals surface area contributed by atoms with E-state index in [1.807, 2.05) is 0 Å². The van der Waals surface area contributed by atoms with Gasteiger partial charge in [0.2, 0.25) is 0 Å². The summed E-state index contributed by atoms with van der Waals surface area (Å²) in [4.78, 5) is 0. The Kier molecular flexibility index (Phi) is 8.46. The molecule has 1 nitrogen and oxygen atoms in total. The molecule has 0 amide bonds. The molecule has 0 bridgehead atoms. The summed E-state index contributed by atoms with van der Waals surface area (Å²) >= 11 is 0. The van der Waals surface area contributed by atoms with Crippen LogP contribution in [0.25, 0.3) is 0 Å². The smallest absolute Gasteiger partial charge is 0.157 e. The van der Waals surface area contributed by atoms with E-state index in [1.54, 1.807) is 0 Å². The summed E-state index contributed by atoms with van der Waals surface area (Å²) < 4.78 is 33.4. The van der Waals surface area contributed by atoms with Gasteiger partial charge in [-0.05, 0) is 55.8 Å². The molecular formula is C21H38F2O. The largest absolute Gasteiger partial charge is 0.378 e. The molecule has 2 saturated carbocycles. The lowest BCUT2D eigenvalue weighted by Gasteiger charge is -2.35. The maximum atomic E-state index is 14.3. The predicted octanol–water partition coefficient (Wildman–Crippen LogP) is 6.50. The molecule has 2 aliphatic carbocycles. The van der Waals surface area contributed by atoms with Gasteiger partial charge in [0, 0.05) is 7.11 Å². The van der Waals surface area contributed by atoms with E-state index < -0.39 is 18.4 Å². The Morgan fingerprint density at radius 3 is 2.29 bits per heavy atom. The van der Waals surface area contributed by atoms with Crippen LogP contribution in [0.2, 0.25) is 0 Å². The molecule has 0 N–H and O–H groups in total. The molecule has 0 aromatic heterocycles. The molecule has 0 aliphatic heterocycles. The number of methoxy groups -OCH3 is 1. The van der Waals surface area contributed by atoms with Crippen LogP contribution in [0.5, 0.6) is 0 Å². The van der Waals surface area contributed by atoms with Crippen molar-refractivity contribution in [2.24, 2.45) is 23.7 Å². The molecule has 0 spiro atoms. The van der Waals surface area contributed by atoms with Crippen LogP contribution in [0.4, 0.5) is 8.78 Å². The van der Waals surface area contributed by atoms with Crippen molar-refractivity contribution < 1.29 is 13.5 Å². The fraction of sp³-hybridized carbons (Fsp3) is 1.00. The van der Waals surface area contributed by atoms with Gasteiger partial charge in [0.25, 0.3) is 0 Å². The maximum absolute atomic E-state index is 14.3. The monoisotopic (exact) mass is 344 g/mol. The van der Waals surface area contributed by atoms with Gasteiger partial charge in [-0.25, -0.2) is 8.78 Å². The molecule has 0 aromatic rings. The highest BCUT2D eigenvalue weighted by atomic mass is 19.2. The lowest BCUT2D eigenvalue weighted by atomic mass is 9.72. The first-order valence-electron chi connectivity index (χ1n) is 10.4. The van der Waals surface area contributed by atoms with Crippen LogP contribution >= 0.6 is 0 Å². The van der Waals surface area contributed by atoms with Gasteiger partial charge in [-0.15, -0.1) is 0 Å². The molecule has 5 unspecified atom stereocenters. The predicted molar refractivity (Wildman–Crippen MR) is 96.7 cm³/mol. The van der Waals surface area contributed by atoms with E-state index in [4.69, 9.17) is 4.74 Å². The standard InChI is InChI=1S/C21H38F2O/c1-4-6-16(17-11-9-15(2)10-12-17)7-5-8-18-13-14-19(24-3)21(23)20(18)22/h15-21H,4-14H2,1-3H3. The fourth-order valence-corrected chi connectivity index (χ4v) is 5.10. The second-order valence-electron chi connectivity index (χ2n) is 8.50. The van der Waals surface area contributed by atoms with E-state index in [-0.39, 0.29) is 5.92 Å². The molecular weight excluding hydrogens is 306 g/mol. The van der Waals surface area contributed by atoms with Crippen LogP contribution < -0.4 is 0 Å². The summed E-state index contributed by atoms with van der Waals surface area (Å²) in [5, 5.41) is 0. The van der Waals surface area contributed by atoms with Crippen LogP contribution in [0.1, 0.15) is 84.5 Å². The molecule has 3 heteroatoms. The highest BCUT2D eigenvalue weighted by Crippen LogP contribution is 2.39. The van der Waals surface area contributed by atoms with Crippen molar-refractivity contribution in [1.29, 1.82) is 0 Å². The minimum absolute atomic E-state index is 0.0972. The van der Waals surface area contributed by atoms with Crippen molar-refractivity contribution in [3.05, 3.63) is 0 Å². The zero-order chi connectivity index (χ0) is 17.5. The fourth-order valence-electron chi connectivity index (χ4n) is 5.10. The van der Waals surface area contributed by atoms with Crippen LogP contribution in [-0.4, -0.2) is 25.6 Å². The first-order valence-corrected chi connectivity index (χ1v) is 10.4. The summed E-state index contributed by atoms with van der Waals surface area (Å²) in [6.45, 7) is 4.64. The maximum Gasteiger partial charge on any atom is 0.157 e. The highest BCUT2D eigenvalue weighted by Gasteiger charge is 2.40. The Morgan fingerprint density at radius 1 is 0.958 bits per heavy atom. The van der Waals surface area contributed by atoms with Crippen molar-refractivity contribution in [2.45, 2.75) is 103 Å². The van der Waals surface area contributed by atoms with Crippen molar-refractivity contribution >= 4 is 0 Å². The van der Waals surface area contributed by atoms with Crippen LogP contribution in [-0.2, 0) is 4.74 Å². The first-order chi connectivity index (χ1) is 11.6. The third kappa shape index (κ3) is 5.41. The number of hydrogen-bond acceptors (Lipinski definition) is 1. The number of halogens is 2. The minimum Gasteiger partial charge on any atom is -0.378 e. The Labute approximate surface area is 147 Å². The molecule has 2 fully saturated rings. The van der Waals surface area contributed by atoms with E-state index in [2.05, 4.69) is 13.8 Å². The van der Waals surface area contributed by atoms with Gasteiger partial charge in [-0.2, -0.15) is 0 Å². The minimum atomic E-state index is -1.43. The lowest BCUT2D eigenvalue weighted by Crippen LogP contribution is -2.42. The average Bonchev–Trinajstić information content (AvgIpc) is 2.59. The van der Waals surface area contributed by atoms with Crippen LogP contribution in [0, 0.1) is 23.7 Å². The average molecular weight is 345 g/mol. The number of ether oxygens (including phenoxy) is 1. The number of hydrogen-bond donors (Lipinski definition) is 0. The van der Waals surface area contributed by atoms with Gasteiger partial charge in [-0.3, -0.25) is 0 Å². The third-order valence-corrected chi connectivity index (χ3v) is 6.77. The second-order valence-corrected chi connectivity index (χ2v) is 8.50. The van der Waals surface area contributed by atoms with Crippen molar-refractivity contribution in [3.63, 3.8) is 0 Å². The van der Waals surface area contributed by atoms with Gasteiger partial charge in [-0.1, -0.05) is 52.4 Å². The van der Waals surface area contributed by atoms with Crippen LogP contribution in [0.15, 0.2) is 0 Å². The van der Waals surface area contributed by atoms with Crippen molar-refractivity contribution in [3.8, 4) is 0 Å². The molecule has 0 saturated heterocycles. The molecule has 0 radical (unpaired) electrons. The number of rotatable bonds is 8. The van der Waals surface area contributed by atoms with Crippen molar-refractivity contribution in [2.75, 3.05) is 7.11 Å². The highest BCUT2D eigenvalue weighted by molar-refractivity contribution is 4.89. The number of alkyl halides is 2. The quantitative estimate of drug-likeness (QED) is 0.488. The van der Waals surface area contributed by atoms with E-state index in [0.717, 1.165) is 37.0 Å². The molecule has 2 aliphatic rings. The summed E-state index contributed by atoms with van der Waals surface area (Å²) in [6.07, 6.45) is 9.33. The topological polar surface area (TPSA) is 9.23 Å². The lowest BCUT2D eigenvalue weighted by molar-refractivity contribution is -0.0577. The zero-order valence-corrected chi connectivity index (χ0v) is 16.0. The summed E-state index contributed by atoms with van der Waals surface area (Å²) in [6, 6.07) is 0. The van der Waals surface area contributed by atoms with E-state index in [9.17, 15) is 8.78 Å². The Balaban J connectivity index is 1.76. The Morgan fingerprint density at radius 2 is 1.67 bits per heavy atom. The van der Waals surface area contributed by atoms with Gasteiger partial charge in [0.1, 0.15) is 6.17 Å². The SMILES string of the molecule is CCCC(CCCC1CCC(OC)C(F)C1F)C1CCC(C)CC1. The van der Waals surface area contributed by atoms with E-state index >= 15 is 0 Å². The first kappa shape index (κ1) is 20.1. The Bertz CT molecular complexity index is 341. The van der Waals surface area contributed by atoms with Crippen LogP contribution in [0.3, 0.4) is 0 Å². The van der Waals surface area contributed by atoms with Crippen molar-refractivity contribution in [1.82, 2.24) is 0 Å². The van der Waals surface area contributed by atoms with Gasteiger partial charge >= 0.3 is 0 Å². The molecule has 0 aromatic carbocycles. The summed E-state index contributed by atoms with van der Waals surface area (Å²) in [7, 11) is 1.49. The van der Waals surface area contributed by atoms with Gasteiger partial charge in [0.15, 0.2) is 6.17 Å².